The van der Waals surface area contributed by atoms with Crippen molar-refractivity contribution in [2.75, 3.05) is 0 Å². The summed E-state index contributed by atoms with van der Waals surface area (Å²) >= 11 is 0. The molecule has 0 bridgehead atoms. The Kier molecular flexibility index (Phi) is 1.14. The van der Waals surface area contributed by atoms with E-state index in [1.807, 2.05) is 0 Å². The molecule has 0 unspecified atom stereocenters. The second-order valence-corrected chi connectivity index (χ2v) is 1.62. The summed E-state index contributed by atoms with van der Waals surface area (Å²) in [6.45, 7) is 0. The number of epoxide rings is 1. The Morgan fingerprint density at radius 1 is 1.11 bits per heavy atom. The minimum atomic E-state index is -1.51. The van der Waals surface area contributed by atoms with Crippen LogP contribution >= 0.6 is 0 Å². The van der Waals surface area contributed by atoms with Crippen LogP contribution in [0.4, 0.5) is 0 Å². The molecule has 0 aromatic carbocycles. The maximum Gasteiger partial charge on any atom is 0.129 e. The van der Waals surface area contributed by atoms with Crippen molar-refractivity contribution in [1.82, 2.24) is 0 Å². The largest absolute Gasteiger partial charge is 0.547 e. The second-order valence-electron chi connectivity index (χ2n) is 1.62. The first-order chi connectivity index (χ1) is 4.13. The number of carbonyl (C=O) groups is 2. The monoisotopic (exact) mass is 130 g/mol. The van der Waals surface area contributed by atoms with Gasteiger partial charge in [0.1, 0.15) is 12.2 Å². The van der Waals surface area contributed by atoms with Crippen molar-refractivity contribution in [3.63, 3.8) is 0 Å². The SMILES string of the molecule is O=C([O-])[C@@H]1O[C@H]1C(=O)[O-]. The van der Waals surface area contributed by atoms with Crippen molar-refractivity contribution in [2.45, 2.75) is 12.2 Å². The fourth-order valence-electron chi connectivity index (χ4n) is 0.471. The molecule has 0 N–H and O–H groups in total. The van der Waals surface area contributed by atoms with Crippen LogP contribution in [-0.4, -0.2) is 24.1 Å². The molecule has 0 spiro atoms. The van der Waals surface area contributed by atoms with Gasteiger partial charge in [0.25, 0.3) is 0 Å². The average molecular weight is 130 g/mol. The zero-order chi connectivity index (χ0) is 7.02. The molecule has 1 saturated heterocycles. The van der Waals surface area contributed by atoms with Gasteiger partial charge in [-0.1, -0.05) is 0 Å². The number of carboxylic acids is 2. The molecule has 1 aliphatic rings. The maximum atomic E-state index is 9.75. The van der Waals surface area contributed by atoms with Crippen molar-refractivity contribution >= 4 is 11.9 Å². The van der Waals surface area contributed by atoms with Gasteiger partial charge in [-0.05, 0) is 0 Å². The van der Waals surface area contributed by atoms with Crippen molar-refractivity contribution in [1.29, 1.82) is 0 Å². The minimum Gasteiger partial charge on any atom is -0.547 e. The third-order valence-corrected chi connectivity index (χ3v) is 0.956. The molecule has 0 saturated carbocycles. The van der Waals surface area contributed by atoms with Crippen LogP contribution < -0.4 is 10.2 Å². The first-order valence-corrected chi connectivity index (χ1v) is 2.20. The number of carboxylic acid groups (broad SMARTS) is 2. The lowest BCUT2D eigenvalue weighted by molar-refractivity contribution is -0.311. The first-order valence-electron chi connectivity index (χ1n) is 2.20. The number of aliphatic carboxylic acids is 2. The van der Waals surface area contributed by atoms with E-state index in [9.17, 15) is 19.8 Å². The maximum absolute atomic E-state index is 9.75. The van der Waals surface area contributed by atoms with E-state index in [4.69, 9.17) is 0 Å². The highest BCUT2D eigenvalue weighted by Gasteiger charge is 2.41. The van der Waals surface area contributed by atoms with Gasteiger partial charge in [0.15, 0.2) is 0 Å². The van der Waals surface area contributed by atoms with E-state index in [1.54, 1.807) is 0 Å². The van der Waals surface area contributed by atoms with Gasteiger partial charge >= 0.3 is 0 Å². The van der Waals surface area contributed by atoms with E-state index in [0.29, 0.717) is 0 Å². The van der Waals surface area contributed by atoms with E-state index < -0.39 is 24.1 Å². The highest BCUT2D eigenvalue weighted by atomic mass is 16.6. The Morgan fingerprint density at radius 2 is 1.44 bits per heavy atom. The van der Waals surface area contributed by atoms with E-state index in [-0.39, 0.29) is 0 Å². The first kappa shape index (κ1) is 6.03. The van der Waals surface area contributed by atoms with Crippen molar-refractivity contribution in [3.8, 4) is 0 Å². The molecular weight excluding hydrogens is 128 g/mol. The Labute approximate surface area is 49.9 Å². The predicted molar refractivity (Wildman–Crippen MR) is 18.7 cm³/mol. The molecule has 50 valence electrons. The molecule has 0 aliphatic carbocycles. The van der Waals surface area contributed by atoms with Crippen LogP contribution in [0.3, 0.4) is 0 Å². The topological polar surface area (TPSA) is 92.8 Å². The molecule has 1 heterocycles. The van der Waals surface area contributed by atoms with Crippen LogP contribution in [0.2, 0.25) is 0 Å². The fourth-order valence-corrected chi connectivity index (χ4v) is 0.471. The zero-order valence-electron chi connectivity index (χ0n) is 4.20. The molecule has 0 amide bonds. The molecule has 1 rings (SSSR count). The molecule has 0 aromatic rings. The van der Waals surface area contributed by atoms with Crippen LogP contribution in [0.15, 0.2) is 0 Å². The molecule has 5 heteroatoms. The highest BCUT2D eigenvalue weighted by Crippen LogP contribution is 2.19. The summed E-state index contributed by atoms with van der Waals surface area (Å²) in [7, 11) is 0. The van der Waals surface area contributed by atoms with Crippen LogP contribution in [0, 0.1) is 0 Å². The lowest BCUT2D eigenvalue weighted by Gasteiger charge is -1.94. The second kappa shape index (κ2) is 1.70. The number of hydrogen-bond acceptors (Lipinski definition) is 5. The van der Waals surface area contributed by atoms with Crippen LogP contribution in [0.1, 0.15) is 0 Å². The van der Waals surface area contributed by atoms with Crippen molar-refractivity contribution < 1.29 is 24.5 Å². The third-order valence-electron chi connectivity index (χ3n) is 0.956. The minimum absolute atomic E-state index is 1.30. The Morgan fingerprint density at radius 3 is 1.56 bits per heavy atom. The Bertz CT molecular complexity index is 144. The van der Waals surface area contributed by atoms with E-state index in [0.717, 1.165) is 0 Å². The standard InChI is InChI=1S/C4H4O5/c5-3(6)1-2(9-1)4(7)8/h1-2H,(H,5,6)(H,7,8)/p-2/t1-,2-/m1/s1. The molecule has 9 heavy (non-hydrogen) atoms. The van der Waals surface area contributed by atoms with Crippen LogP contribution in [0.5, 0.6) is 0 Å². The summed E-state index contributed by atoms with van der Waals surface area (Å²) < 4.78 is 4.12. The van der Waals surface area contributed by atoms with Gasteiger partial charge in [-0.2, -0.15) is 0 Å². The number of carbonyl (C=O) groups excluding carboxylic acids is 2. The molecule has 1 aliphatic heterocycles. The summed E-state index contributed by atoms with van der Waals surface area (Å²) in [5.41, 5.74) is 0. The van der Waals surface area contributed by atoms with Gasteiger partial charge in [0.05, 0.1) is 11.9 Å². The molecule has 5 nitrogen and oxygen atoms in total. The predicted octanol–water partition coefficient (Wildman–Crippen LogP) is -3.75. The summed E-state index contributed by atoms with van der Waals surface area (Å²) in [6, 6.07) is 0. The number of hydrogen-bond donors (Lipinski definition) is 0. The lowest BCUT2D eigenvalue weighted by Crippen LogP contribution is -2.35. The number of ether oxygens (including phenoxy) is 1. The molecule has 0 radical (unpaired) electrons. The van der Waals surface area contributed by atoms with Gasteiger partial charge in [0, 0.05) is 0 Å². The van der Waals surface area contributed by atoms with Crippen molar-refractivity contribution in [3.05, 3.63) is 0 Å². The summed E-state index contributed by atoms with van der Waals surface area (Å²) in [5.74, 6) is -3.02. The van der Waals surface area contributed by atoms with Gasteiger partial charge in [0.2, 0.25) is 0 Å². The third kappa shape index (κ3) is 0.996. The quantitative estimate of drug-likeness (QED) is 0.358. The Balaban J connectivity index is 2.42. The van der Waals surface area contributed by atoms with Crippen LogP contribution in [0.25, 0.3) is 0 Å². The number of rotatable bonds is 2. The molecular formula is C4H2O5-2. The lowest BCUT2D eigenvalue weighted by atomic mass is 10.3. The van der Waals surface area contributed by atoms with Gasteiger partial charge in [-0.3, -0.25) is 0 Å². The van der Waals surface area contributed by atoms with Crippen molar-refractivity contribution in [2.24, 2.45) is 0 Å². The highest BCUT2D eigenvalue weighted by molar-refractivity contribution is 5.85. The average Bonchev–Trinajstić information content (AvgIpc) is 2.39. The summed E-state index contributed by atoms with van der Waals surface area (Å²) in [5, 5.41) is 19.5. The van der Waals surface area contributed by atoms with E-state index >= 15 is 0 Å². The smallest absolute Gasteiger partial charge is 0.129 e. The van der Waals surface area contributed by atoms with Gasteiger partial charge in [-0.25, -0.2) is 0 Å². The Hall–Kier alpha value is -1.10. The molecule has 1 fully saturated rings. The zero-order valence-corrected chi connectivity index (χ0v) is 4.20. The molecule has 2 atom stereocenters. The van der Waals surface area contributed by atoms with Gasteiger partial charge in [-0.15, -0.1) is 0 Å². The van der Waals surface area contributed by atoms with Gasteiger partial charge < -0.3 is 24.5 Å². The summed E-state index contributed by atoms with van der Waals surface area (Å²) in [6.07, 6.45) is -2.59. The normalized spacial score (nSPS) is 31.6. The van der Waals surface area contributed by atoms with Crippen LogP contribution in [-0.2, 0) is 14.3 Å². The molecule has 0 aromatic heterocycles. The summed E-state index contributed by atoms with van der Waals surface area (Å²) in [4.78, 5) is 19.5. The van der Waals surface area contributed by atoms with E-state index in [1.165, 1.54) is 0 Å². The van der Waals surface area contributed by atoms with E-state index in [2.05, 4.69) is 4.74 Å². The fraction of sp³-hybridized carbons (Fsp3) is 0.500.